The van der Waals surface area contributed by atoms with Crippen molar-refractivity contribution in [1.82, 2.24) is 5.32 Å². The van der Waals surface area contributed by atoms with E-state index in [2.05, 4.69) is 5.32 Å². The predicted molar refractivity (Wildman–Crippen MR) is 74.3 cm³/mol. The summed E-state index contributed by atoms with van der Waals surface area (Å²) < 4.78 is 17.7. The lowest BCUT2D eigenvalue weighted by atomic mass is 10.2. The first-order chi connectivity index (χ1) is 9.26. The molecule has 0 heterocycles. The van der Waals surface area contributed by atoms with E-state index in [1.807, 2.05) is 0 Å². The molecule has 0 aliphatic carbocycles. The molecule has 108 valence electrons. The topological polar surface area (TPSA) is 55.4 Å². The summed E-state index contributed by atoms with van der Waals surface area (Å²) in [6, 6.07) is 5.70. The molecule has 20 heavy (non-hydrogen) atoms. The van der Waals surface area contributed by atoms with Crippen LogP contribution in [0.3, 0.4) is 0 Å². The highest BCUT2D eigenvalue weighted by Gasteiger charge is 2.16. The lowest BCUT2D eigenvalue weighted by Crippen LogP contribution is -2.33. The third-order valence-corrected chi connectivity index (χ3v) is 2.12. The minimum absolute atomic E-state index is 0.191. The third-order valence-electron chi connectivity index (χ3n) is 2.12. The summed E-state index contributed by atoms with van der Waals surface area (Å²) in [5, 5.41) is 2.41. The van der Waals surface area contributed by atoms with Crippen molar-refractivity contribution < 1.29 is 18.7 Å². The van der Waals surface area contributed by atoms with Gasteiger partial charge in [0.2, 0.25) is 5.91 Å². The highest BCUT2D eigenvalue weighted by molar-refractivity contribution is 5.93. The van der Waals surface area contributed by atoms with Crippen molar-refractivity contribution in [2.45, 2.75) is 26.4 Å². The van der Waals surface area contributed by atoms with Crippen LogP contribution in [0, 0.1) is 5.82 Å². The van der Waals surface area contributed by atoms with Crippen LogP contribution >= 0.6 is 0 Å². The van der Waals surface area contributed by atoms with Crippen LogP contribution in [0.1, 0.15) is 26.3 Å². The lowest BCUT2D eigenvalue weighted by molar-refractivity contribution is -0.154. The van der Waals surface area contributed by atoms with Crippen LogP contribution in [-0.4, -0.2) is 24.0 Å². The molecule has 1 N–H and O–H groups in total. The van der Waals surface area contributed by atoms with Gasteiger partial charge in [0.05, 0.1) is 0 Å². The van der Waals surface area contributed by atoms with Crippen LogP contribution in [0.5, 0.6) is 0 Å². The molecule has 0 unspecified atom stereocenters. The van der Waals surface area contributed by atoms with Crippen molar-refractivity contribution >= 4 is 18.0 Å². The van der Waals surface area contributed by atoms with Gasteiger partial charge in [-0.1, -0.05) is 12.1 Å². The summed E-state index contributed by atoms with van der Waals surface area (Å²) in [4.78, 5) is 22.8. The number of ether oxygens (including phenoxy) is 1. The van der Waals surface area contributed by atoms with Crippen molar-refractivity contribution in [3.63, 3.8) is 0 Å². The van der Waals surface area contributed by atoms with E-state index in [1.54, 1.807) is 32.9 Å². The number of carbonyl (C=O) groups excluding carboxylic acids is 2. The molecule has 5 heteroatoms. The summed E-state index contributed by atoms with van der Waals surface area (Å²) in [5.41, 5.74) is 0.116. The fraction of sp³-hybridized carbons (Fsp3) is 0.333. The Hall–Kier alpha value is -2.17. The Morgan fingerprint density at radius 3 is 2.40 bits per heavy atom. The fourth-order valence-corrected chi connectivity index (χ4v) is 1.34. The molecule has 0 saturated carbocycles. The normalized spacial score (nSPS) is 11.4. The van der Waals surface area contributed by atoms with Crippen molar-refractivity contribution in [3.05, 3.63) is 41.7 Å². The predicted octanol–water partition coefficient (Wildman–Crippen LogP) is 2.30. The van der Waals surface area contributed by atoms with Crippen LogP contribution in [0.15, 0.2) is 30.3 Å². The monoisotopic (exact) mass is 279 g/mol. The standard InChI is InChI=1S/C15H18FNO3/c1-15(2,3)20-14(19)10-17-13(18)9-6-11-4-7-12(16)8-5-11/h4-9H,10H2,1-3H3,(H,17,18)/b9-6+. The van der Waals surface area contributed by atoms with Crippen molar-refractivity contribution in [2.24, 2.45) is 0 Å². The van der Waals surface area contributed by atoms with Crippen LogP contribution < -0.4 is 5.32 Å². The zero-order valence-electron chi connectivity index (χ0n) is 11.8. The molecule has 0 spiro atoms. The van der Waals surface area contributed by atoms with E-state index < -0.39 is 17.5 Å². The van der Waals surface area contributed by atoms with Gasteiger partial charge in [-0.3, -0.25) is 9.59 Å². The Balaban J connectivity index is 2.40. The Bertz CT molecular complexity index is 501. The highest BCUT2D eigenvalue weighted by atomic mass is 19.1. The molecule has 0 bridgehead atoms. The smallest absolute Gasteiger partial charge is 0.325 e. The molecule has 1 aromatic rings. The second-order valence-electron chi connectivity index (χ2n) is 5.19. The third kappa shape index (κ3) is 6.68. The van der Waals surface area contributed by atoms with E-state index in [0.29, 0.717) is 5.56 Å². The Morgan fingerprint density at radius 2 is 1.85 bits per heavy atom. The molecule has 1 rings (SSSR count). The Morgan fingerprint density at radius 1 is 1.25 bits per heavy atom. The quantitative estimate of drug-likeness (QED) is 0.679. The molecule has 1 aromatic carbocycles. The first-order valence-electron chi connectivity index (χ1n) is 6.19. The molecule has 0 aromatic heterocycles. The van der Waals surface area contributed by atoms with Gasteiger partial charge in [0.25, 0.3) is 0 Å². The lowest BCUT2D eigenvalue weighted by Gasteiger charge is -2.19. The first kappa shape index (κ1) is 15.9. The average Bonchev–Trinajstić information content (AvgIpc) is 2.33. The van der Waals surface area contributed by atoms with Crippen molar-refractivity contribution in [2.75, 3.05) is 6.54 Å². The molecule has 0 saturated heterocycles. The summed E-state index contributed by atoms with van der Waals surface area (Å²) in [5.74, 6) is -1.25. The van der Waals surface area contributed by atoms with Crippen LogP contribution in [0.4, 0.5) is 4.39 Å². The van der Waals surface area contributed by atoms with E-state index in [4.69, 9.17) is 4.74 Å². The largest absolute Gasteiger partial charge is 0.459 e. The van der Waals surface area contributed by atoms with E-state index >= 15 is 0 Å². The number of carbonyl (C=O) groups is 2. The van der Waals surface area contributed by atoms with Gasteiger partial charge in [-0.25, -0.2) is 4.39 Å². The molecule has 4 nitrogen and oxygen atoms in total. The summed E-state index contributed by atoms with van der Waals surface area (Å²) in [6.07, 6.45) is 2.81. The maximum Gasteiger partial charge on any atom is 0.325 e. The molecule has 0 aliphatic rings. The average molecular weight is 279 g/mol. The van der Waals surface area contributed by atoms with Gasteiger partial charge in [-0.15, -0.1) is 0 Å². The molecule has 0 fully saturated rings. The van der Waals surface area contributed by atoms with Crippen molar-refractivity contribution in [1.29, 1.82) is 0 Å². The number of amides is 1. The zero-order chi connectivity index (χ0) is 15.2. The Labute approximate surface area is 117 Å². The van der Waals surface area contributed by atoms with Gasteiger partial charge in [-0.2, -0.15) is 0 Å². The van der Waals surface area contributed by atoms with Gasteiger partial charge in [-0.05, 0) is 44.5 Å². The van der Waals surface area contributed by atoms with Crippen molar-refractivity contribution in [3.8, 4) is 0 Å². The molecule has 1 amide bonds. The van der Waals surface area contributed by atoms with Gasteiger partial charge in [0.15, 0.2) is 0 Å². The molecule has 0 aliphatic heterocycles. The van der Waals surface area contributed by atoms with E-state index in [0.717, 1.165) is 0 Å². The van der Waals surface area contributed by atoms with Gasteiger partial charge in [0.1, 0.15) is 18.0 Å². The SMILES string of the molecule is CC(C)(C)OC(=O)CNC(=O)/C=C/c1ccc(F)cc1. The molecular formula is C15H18FNO3. The zero-order valence-corrected chi connectivity index (χ0v) is 11.8. The number of hydrogen-bond donors (Lipinski definition) is 1. The minimum Gasteiger partial charge on any atom is -0.459 e. The fourth-order valence-electron chi connectivity index (χ4n) is 1.34. The highest BCUT2D eigenvalue weighted by Crippen LogP contribution is 2.06. The number of nitrogens with one attached hydrogen (secondary N) is 1. The van der Waals surface area contributed by atoms with E-state index in [9.17, 15) is 14.0 Å². The summed E-state index contributed by atoms with van der Waals surface area (Å²) >= 11 is 0. The first-order valence-corrected chi connectivity index (χ1v) is 6.19. The van der Waals surface area contributed by atoms with Crippen LogP contribution in [0.2, 0.25) is 0 Å². The summed E-state index contributed by atoms with van der Waals surface area (Å²) in [6.45, 7) is 5.06. The number of hydrogen-bond acceptors (Lipinski definition) is 3. The van der Waals surface area contributed by atoms with Gasteiger partial charge >= 0.3 is 5.97 Å². The molecular weight excluding hydrogens is 261 g/mol. The Kier molecular flexibility index (Phi) is 5.43. The van der Waals surface area contributed by atoms with Crippen LogP contribution in [-0.2, 0) is 14.3 Å². The van der Waals surface area contributed by atoms with Crippen LogP contribution in [0.25, 0.3) is 6.08 Å². The number of esters is 1. The second kappa shape index (κ2) is 6.84. The minimum atomic E-state index is -0.578. The number of benzene rings is 1. The van der Waals surface area contributed by atoms with E-state index in [1.165, 1.54) is 24.3 Å². The van der Waals surface area contributed by atoms with Gasteiger partial charge in [0, 0.05) is 6.08 Å². The van der Waals surface area contributed by atoms with Gasteiger partial charge < -0.3 is 10.1 Å². The number of halogens is 1. The number of rotatable bonds is 4. The molecule has 0 atom stereocenters. The van der Waals surface area contributed by atoms with E-state index in [-0.39, 0.29) is 12.4 Å². The maximum absolute atomic E-state index is 12.7. The maximum atomic E-state index is 12.7. The molecule has 0 radical (unpaired) electrons. The second-order valence-corrected chi connectivity index (χ2v) is 5.19. The summed E-state index contributed by atoms with van der Waals surface area (Å²) in [7, 11) is 0.